The van der Waals surface area contributed by atoms with Gasteiger partial charge in [0.05, 0.1) is 0 Å². The molecule has 98 valence electrons. The number of hydrogen-bond acceptors (Lipinski definition) is 1. The van der Waals surface area contributed by atoms with Crippen molar-refractivity contribution in [3.63, 3.8) is 0 Å². The highest BCUT2D eigenvalue weighted by Gasteiger charge is 2.01. The molecule has 0 aliphatic rings. The Balaban J connectivity index is 3.06. The van der Waals surface area contributed by atoms with Gasteiger partial charge in [-0.25, -0.2) is 0 Å². The predicted molar refractivity (Wildman–Crippen MR) is 72.9 cm³/mol. The molecule has 1 unspecified atom stereocenters. The molecule has 0 aromatic rings. The molecule has 1 nitrogen and oxygen atoms in total. The van der Waals surface area contributed by atoms with Crippen LogP contribution in [0.15, 0.2) is 0 Å². The number of unbranched alkanes of at least 4 members (excludes halogenated alkanes) is 6. The van der Waals surface area contributed by atoms with Gasteiger partial charge < -0.3 is 4.74 Å². The van der Waals surface area contributed by atoms with Crippen molar-refractivity contribution in [1.82, 2.24) is 0 Å². The lowest BCUT2D eigenvalue weighted by atomic mass is 9.99. The third-order valence-electron chi connectivity index (χ3n) is 3.26. The van der Waals surface area contributed by atoms with E-state index in [1.54, 1.807) is 0 Å². The summed E-state index contributed by atoms with van der Waals surface area (Å²) in [4.78, 5) is 0. The van der Waals surface area contributed by atoms with E-state index >= 15 is 0 Å². The Hall–Kier alpha value is -0.0400. The maximum atomic E-state index is 5.38. The molecule has 0 radical (unpaired) electrons. The van der Waals surface area contributed by atoms with E-state index in [1.807, 2.05) is 0 Å². The fourth-order valence-corrected chi connectivity index (χ4v) is 2.02. The van der Waals surface area contributed by atoms with Gasteiger partial charge in [0.1, 0.15) is 0 Å². The Bertz CT molecular complexity index is 123. The lowest BCUT2D eigenvalue weighted by molar-refractivity contribution is 0.132. The summed E-state index contributed by atoms with van der Waals surface area (Å²) in [7, 11) is 0. The molecule has 0 spiro atoms. The standard InChI is InChI=1S/C15H32O/c1-4-6-7-8-9-10-11-12-15(3)13-14-16-5-2/h15H,4-14H2,1-3H3. The molecule has 1 atom stereocenters. The van der Waals surface area contributed by atoms with Crippen LogP contribution in [0.5, 0.6) is 0 Å². The first-order chi connectivity index (χ1) is 7.81. The fraction of sp³-hybridized carbons (Fsp3) is 1.00. The van der Waals surface area contributed by atoms with Crippen LogP contribution in [0, 0.1) is 5.92 Å². The van der Waals surface area contributed by atoms with Crippen LogP contribution in [-0.4, -0.2) is 13.2 Å². The van der Waals surface area contributed by atoms with Gasteiger partial charge in [-0.05, 0) is 19.3 Å². The van der Waals surface area contributed by atoms with E-state index in [9.17, 15) is 0 Å². The molecule has 0 aromatic carbocycles. The van der Waals surface area contributed by atoms with Gasteiger partial charge in [0.15, 0.2) is 0 Å². The zero-order chi connectivity index (χ0) is 12.1. The van der Waals surface area contributed by atoms with E-state index in [0.29, 0.717) is 0 Å². The predicted octanol–water partition coefficient (Wildman–Crippen LogP) is 5.19. The van der Waals surface area contributed by atoms with Crippen molar-refractivity contribution < 1.29 is 4.74 Å². The molecule has 0 amide bonds. The Morgan fingerprint density at radius 2 is 1.44 bits per heavy atom. The average molecular weight is 228 g/mol. The molecule has 0 aliphatic carbocycles. The first-order valence-corrected chi connectivity index (χ1v) is 7.39. The molecule has 0 aromatic heterocycles. The van der Waals surface area contributed by atoms with Crippen LogP contribution < -0.4 is 0 Å². The van der Waals surface area contributed by atoms with Gasteiger partial charge in [0.2, 0.25) is 0 Å². The largest absolute Gasteiger partial charge is 0.382 e. The second-order valence-electron chi connectivity index (χ2n) is 5.00. The second-order valence-corrected chi connectivity index (χ2v) is 5.00. The SMILES string of the molecule is CCCCCCCCCC(C)CCOCC. The Morgan fingerprint density at radius 1 is 0.812 bits per heavy atom. The molecule has 0 saturated carbocycles. The van der Waals surface area contributed by atoms with Crippen LogP contribution in [0.1, 0.15) is 78.6 Å². The Kier molecular flexibility index (Phi) is 13.0. The van der Waals surface area contributed by atoms with Gasteiger partial charge in [-0.1, -0.05) is 65.2 Å². The van der Waals surface area contributed by atoms with E-state index < -0.39 is 0 Å². The maximum Gasteiger partial charge on any atom is 0.0468 e. The molecule has 0 N–H and O–H groups in total. The van der Waals surface area contributed by atoms with Gasteiger partial charge in [-0.3, -0.25) is 0 Å². The number of hydrogen-bond donors (Lipinski definition) is 0. The topological polar surface area (TPSA) is 9.23 Å². The zero-order valence-corrected chi connectivity index (χ0v) is 11.8. The van der Waals surface area contributed by atoms with Crippen LogP contribution in [0.25, 0.3) is 0 Å². The minimum atomic E-state index is 0.849. The van der Waals surface area contributed by atoms with Gasteiger partial charge in [-0.2, -0.15) is 0 Å². The third-order valence-corrected chi connectivity index (χ3v) is 3.26. The fourth-order valence-electron chi connectivity index (χ4n) is 2.02. The highest BCUT2D eigenvalue weighted by Crippen LogP contribution is 2.14. The molecule has 0 aliphatic heterocycles. The van der Waals surface area contributed by atoms with Crippen molar-refractivity contribution in [1.29, 1.82) is 0 Å². The summed E-state index contributed by atoms with van der Waals surface area (Å²) in [6.45, 7) is 8.52. The summed E-state index contributed by atoms with van der Waals surface area (Å²) in [5.41, 5.74) is 0. The highest BCUT2D eigenvalue weighted by molar-refractivity contribution is 4.54. The first kappa shape index (κ1) is 16.0. The van der Waals surface area contributed by atoms with Gasteiger partial charge >= 0.3 is 0 Å². The van der Waals surface area contributed by atoms with E-state index in [2.05, 4.69) is 20.8 Å². The van der Waals surface area contributed by atoms with Crippen molar-refractivity contribution >= 4 is 0 Å². The molecular formula is C15H32O. The van der Waals surface area contributed by atoms with E-state index in [4.69, 9.17) is 4.74 Å². The number of rotatable bonds is 12. The summed E-state index contributed by atoms with van der Waals surface area (Å²) < 4.78 is 5.38. The van der Waals surface area contributed by atoms with E-state index in [0.717, 1.165) is 19.1 Å². The Labute approximate surface area is 103 Å². The van der Waals surface area contributed by atoms with Gasteiger partial charge in [-0.15, -0.1) is 0 Å². The molecule has 0 fully saturated rings. The monoisotopic (exact) mass is 228 g/mol. The summed E-state index contributed by atoms with van der Waals surface area (Å²) in [5, 5.41) is 0. The van der Waals surface area contributed by atoms with E-state index in [-0.39, 0.29) is 0 Å². The molecule has 1 heteroatoms. The Morgan fingerprint density at radius 3 is 2.06 bits per heavy atom. The highest BCUT2D eigenvalue weighted by atomic mass is 16.5. The van der Waals surface area contributed by atoms with Crippen LogP contribution in [-0.2, 0) is 4.74 Å². The zero-order valence-electron chi connectivity index (χ0n) is 11.8. The number of ether oxygens (including phenoxy) is 1. The van der Waals surface area contributed by atoms with Crippen LogP contribution >= 0.6 is 0 Å². The third kappa shape index (κ3) is 12.0. The quantitative estimate of drug-likeness (QED) is 0.418. The minimum absolute atomic E-state index is 0.849. The first-order valence-electron chi connectivity index (χ1n) is 7.39. The smallest absolute Gasteiger partial charge is 0.0468 e. The van der Waals surface area contributed by atoms with Gasteiger partial charge in [0, 0.05) is 13.2 Å². The molecule has 0 rings (SSSR count). The van der Waals surface area contributed by atoms with Crippen LogP contribution in [0.3, 0.4) is 0 Å². The lowest BCUT2D eigenvalue weighted by Crippen LogP contribution is -2.01. The second kappa shape index (κ2) is 13.0. The van der Waals surface area contributed by atoms with Crippen molar-refractivity contribution in [3.8, 4) is 0 Å². The van der Waals surface area contributed by atoms with Crippen LogP contribution in [0.4, 0.5) is 0 Å². The summed E-state index contributed by atoms with van der Waals surface area (Å²) in [6, 6.07) is 0. The molecule has 16 heavy (non-hydrogen) atoms. The summed E-state index contributed by atoms with van der Waals surface area (Å²) in [5.74, 6) is 0.849. The molecule has 0 heterocycles. The van der Waals surface area contributed by atoms with Gasteiger partial charge in [0.25, 0.3) is 0 Å². The van der Waals surface area contributed by atoms with E-state index in [1.165, 1.54) is 57.8 Å². The summed E-state index contributed by atoms with van der Waals surface area (Å²) in [6.07, 6.45) is 12.6. The lowest BCUT2D eigenvalue weighted by Gasteiger charge is -2.10. The summed E-state index contributed by atoms with van der Waals surface area (Å²) >= 11 is 0. The molecular weight excluding hydrogens is 196 g/mol. The van der Waals surface area contributed by atoms with Crippen molar-refractivity contribution in [2.45, 2.75) is 78.6 Å². The van der Waals surface area contributed by atoms with Crippen LogP contribution in [0.2, 0.25) is 0 Å². The normalized spacial score (nSPS) is 12.9. The van der Waals surface area contributed by atoms with Crippen molar-refractivity contribution in [3.05, 3.63) is 0 Å². The van der Waals surface area contributed by atoms with Crippen molar-refractivity contribution in [2.24, 2.45) is 5.92 Å². The minimum Gasteiger partial charge on any atom is -0.382 e. The average Bonchev–Trinajstić information content (AvgIpc) is 2.28. The van der Waals surface area contributed by atoms with Crippen molar-refractivity contribution in [2.75, 3.05) is 13.2 Å². The molecule has 0 saturated heterocycles. The molecule has 0 bridgehead atoms. The maximum absolute atomic E-state index is 5.38.